The van der Waals surface area contributed by atoms with Gasteiger partial charge in [-0.25, -0.2) is 0 Å². The van der Waals surface area contributed by atoms with E-state index in [0.717, 1.165) is 34.4 Å². The van der Waals surface area contributed by atoms with E-state index < -0.39 is 0 Å². The molecular formula is C18H21NO2. The van der Waals surface area contributed by atoms with Gasteiger partial charge in [0.05, 0.1) is 6.61 Å². The molecule has 2 rings (SSSR count). The molecule has 0 aromatic heterocycles. The zero-order valence-electron chi connectivity index (χ0n) is 12.8. The summed E-state index contributed by atoms with van der Waals surface area (Å²) < 4.78 is 5.69. The molecule has 2 N–H and O–H groups in total. The molecule has 0 unspecified atom stereocenters. The summed E-state index contributed by atoms with van der Waals surface area (Å²) in [6.45, 7) is 6.54. The van der Waals surface area contributed by atoms with Gasteiger partial charge in [-0.3, -0.25) is 4.79 Å². The summed E-state index contributed by atoms with van der Waals surface area (Å²) in [5, 5.41) is 0. The Balaban J connectivity index is 2.61. The van der Waals surface area contributed by atoms with E-state index in [9.17, 15) is 4.79 Å². The number of ether oxygens (including phenoxy) is 1. The SMILES string of the molecule is CCOc1ccccc1-c1cc(C)c(C(N)=O)c(CC)c1. The average Bonchev–Trinajstić information content (AvgIpc) is 2.46. The van der Waals surface area contributed by atoms with Gasteiger partial charge in [0.1, 0.15) is 5.75 Å². The largest absolute Gasteiger partial charge is 0.493 e. The van der Waals surface area contributed by atoms with E-state index >= 15 is 0 Å². The molecule has 3 heteroatoms. The van der Waals surface area contributed by atoms with Crippen LogP contribution in [0.25, 0.3) is 11.1 Å². The van der Waals surface area contributed by atoms with Gasteiger partial charge >= 0.3 is 0 Å². The number of para-hydroxylation sites is 1. The molecule has 0 saturated heterocycles. The number of amides is 1. The zero-order valence-corrected chi connectivity index (χ0v) is 12.8. The van der Waals surface area contributed by atoms with Gasteiger partial charge < -0.3 is 10.5 Å². The van der Waals surface area contributed by atoms with Crippen LogP contribution >= 0.6 is 0 Å². The molecule has 2 aromatic carbocycles. The summed E-state index contributed by atoms with van der Waals surface area (Å²) in [4.78, 5) is 11.6. The minimum Gasteiger partial charge on any atom is -0.493 e. The lowest BCUT2D eigenvalue weighted by Gasteiger charge is -2.14. The molecule has 0 atom stereocenters. The minimum atomic E-state index is -0.367. The fourth-order valence-corrected chi connectivity index (χ4v) is 2.63. The van der Waals surface area contributed by atoms with E-state index in [2.05, 4.69) is 0 Å². The van der Waals surface area contributed by atoms with Gasteiger partial charge in [0.2, 0.25) is 5.91 Å². The lowest BCUT2D eigenvalue weighted by molar-refractivity contribution is 0.0999. The van der Waals surface area contributed by atoms with E-state index in [1.807, 2.05) is 57.2 Å². The van der Waals surface area contributed by atoms with Crippen molar-refractivity contribution in [1.29, 1.82) is 0 Å². The van der Waals surface area contributed by atoms with Gasteiger partial charge in [0.15, 0.2) is 0 Å². The Labute approximate surface area is 125 Å². The molecule has 2 aromatic rings. The monoisotopic (exact) mass is 283 g/mol. The smallest absolute Gasteiger partial charge is 0.249 e. The Bertz CT molecular complexity index is 662. The number of primary amides is 1. The van der Waals surface area contributed by atoms with Crippen molar-refractivity contribution < 1.29 is 9.53 Å². The first kappa shape index (κ1) is 15.1. The summed E-state index contributed by atoms with van der Waals surface area (Å²) in [6.07, 6.45) is 0.768. The Morgan fingerprint density at radius 1 is 1.19 bits per heavy atom. The molecule has 0 fully saturated rings. The maximum Gasteiger partial charge on any atom is 0.249 e. The van der Waals surface area contributed by atoms with E-state index in [1.54, 1.807) is 0 Å². The number of benzene rings is 2. The fourth-order valence-electron chi connectivity index (χ4n) is 2.63. The van der Waals surface area contributed by atoms with Crippen LogP contribution in [0.3, 0.4) is 0 Å². The van der Waals surface area contributed by atoms with Crippen LogP contribution in [0.2, 0.25) is 0 Å². The summed E-state index contributed by atoms with van der Waals surface area (Å²) in [5.41, 5.74) is 10.1. The first-order valence-corrected chi connectivity index (χ1v) is 7.24. The molecule has 0 aliphatic rings. The van der Waals surface area contributed by atoms with Gasteiger partial charge in [0.25, 0.3) is 0 Å². The Kier molecular flexibility index (Phi) is 4.63. The maximum absolute atomic E-state index is 11.6. The first-order valence-electron chi connectivity index (χ1n) is 7.24. The number of carbonyl (C=O) groups is 1. The Morgan fingerprint density at radius 2 is 1.90 bits per heavy atom. The highest BCUT2D eigenvalue weighted by Gasteiger charge is 2.14. The predicted molar refractivity (Wildman–Crippen MR) is 85.7 cm³/mol. The first-order chi connectivity index (χ1) is 10.1. The third-order valence-corrected chi connectivity index (χ3v) is 3.54. The normalized spacial score (nSPS) is 10.4. The number of hydrogen-bond acceptors (Lipinski definition) is 2. The maximum atomic E-state index is 11.6. The number of carbonyl (C=O) groups excluding carboxylic acids is 1. The standard InChI is InChI=1S/C18H21NO2/c1-4-13-11-14(10-12(3)17(13)18(19)20)15-8-6-7-9-16(15)21-5-2/h6-11H,4-5H2,1-3H3,(H2,19,20). The topological polar surface area (TPSA) is 52.3 Å². The molecule has 3 nitrogen and oxygen atoms in total. The number of hydrogen-bond donors (Lipinski definition) is 1. The molecule has 0 radical (unpaired) electrons. The molecule has 1 amide bonds. The second-order valence-corrected chi connectivity index (χ2v) is 4.97. The fraction of sp³-hybridized carbons (Fsp3) is 0.278. The lowest BCUT2D eigenvalue weighted by atomic mass is 9.93. The zero-order chi connectivity index (χ0) is 15.4. The van der Waals surface area contributed by atoms with Crippen LogP contribution in [-0.4, -0.2) is 12.5 Å². The summed E-state index contributed by atoms with van der Waals surface area (Å²) in [5.74, 6) is 0.488. The highest BCUT2D eigenvalue weighted by molar-refractivity contribution is 5.96. The second kappa shape index (κ2) is 6.44. The molecule has 0 aliphatic heterocycles. The molecule has 110 valence electrons. The average molecular weight is 283 g/mol. The number of nitrogens with two attached hydrogens (primary N) is 1. The summed E-state index contributed by atoms with van der Waals surface area (Å²) in [6, 6.07) is 12.0. The van der Waals surface area contributed by atoms with Crippen molar-refractivity contribution in [3.63, 3.8) is 0 Å². The minimum absolute atomic E-state index is 0.367. The van der Waals surface area contributed by atoms with Crippen LogP contribution in [-0.2, 0) is 6.42 Å². The van der Waals surface area contributed by atoms with E-state index in [-0.39, 0.29) is 5.91 Å². The van der Waals surface area contributed by atoms with Crippen molar-refractivity contribution in [3.8, 4) is 16.9 Å². The molecule has 0 saturated carbocycles. The van der Waals surface area contributed by atoms with Crippen LogP contribution in [0.15, 0.2) is 36.4 Å². The van der Waals surface area contributed by atoms with Crippen molar-refractivity contribution in [3.05, 3.63) is 53.1 Å². The van der Waals surface area contributed by atoms with Crippen LogP contribution in [0, 0.1) is 6.92 Å². The van der Waals surface area contributed by atoms with E-state index in [1.165, 1.54) is 0 Å². The molecular weight excluding hydrogens is 262 g/mol. The quantitative estimate of drug-likeness (QED) is 0.909. The van der Waals surface area contributed by atoms with Crippen molar-refractivity contribution in [2.75, 3.05) is 6.61 Å². The van der Waals surface area contributed by atoms with Crippen LogP contribution < -0.4 is 10.5 Å². The molecule has 0 bridgehead atoms. The lowest BCUT2D eigenvalue weighted by Crippen LogP contribution is -2.15. The van der Waals surface area contributed by atoms with Crippen molar-refractivity contribution >= 4 is 5.91 Å². The van der Waals surface area contributed by atoms with Gasteiger partial charge in [0, 0.05) is 11.1 Å². The molecule has 0 aliphatic carbocycles. The van der Waals surface area contributed by atoms with Gasteiger partial charge in [-0.1, -0.05) is 37.3 Å². The summed E-state index contributed by atoms with van der Waals surface area (Å²) >= 11 is 0. The number of aryl methyl sites for hydroxylation is 2. The van der Waals surface area contributed by atoms with Crippen LogP contribution in [0.5, 0.6) is 5.75 Å². The van der Waals surface area contributed by atoms with E-state index in [4.69, 9.17) is 10.5 Å². The summed E-state index contributed by atoms with van der Waals surface area (Å²) in [7, 11) is 0. The van der Waals surface area contributed by atoms with Gasteiger partial charge in [-0.2, -0.15) is 0 Å². The predicted octanol–water partition coefficient (Wildman–Crippen LogP) is 3.72. The highest BCUT2D eigenvalue weighted by Crippen LogP contribution is 2.32. The highest BCUT2D eigenvalue weighted by atomic mass is 16.5. The number of rotatable bonds is 5. The molecule has 21 heavy (non-hydrogen) atoms. The second-order valence-electron chi connectivity index (χ2n) is 4.97. The third kappa shape index (κ3) is 3.07. The van der Waals surface area contributed by atoms with Crippen LogP contribution in [0.4, 0.5) is 0 Å². The Hall–Kier alpha value is -2.29. The van der Waals surface area contributed by atoms with Crippen molar-refractivity contribution in [2.24, 2.45) is 5.73 Å². The molecule has 0 heterocycles. The van der Waals surface area contributed by atoms with Crippen LogP contribution in [0.1, 0.15) is 35.3 Å². The van der Waals surface area contributed by atoms with E-state index in [0.29, 0.717) is 12.2 Å². The molecule has 0 spiro atoms. The Morgan fingerprint density at radius 3 is 2.52 bits per heavy atom. The third-order valence-electron chi connectivity index (χ3n) is 3.54. The van der Waals surface area contributed by atoms with Gasteiger partial charge in [-0.05, 0) is 43.0 Å². The van der Waals surface area contributed by atoms with Gasteiger partial charge in [-0.15, -0.1) is 0 Å². The van der Waals surface area contributed by atoms with Crippen molar-refractivity contribution in [1.82, 2.24) is 0 Å². The van der Waals surface area contributed by atoms with Crippen molar-refractivity contribution in [2.45, 2.75) is 27.2 Å².